The molecule has 3 saturated carbocycles. The zero-order valence-electron chi connectivity index (χ0n) is 24.5. The van der Waals surface area contributed by atoms with E-state index in [9.17, 15) is 9.18 Å². The second-order valence-corrected chi connectivity index (χ2v) is 12.4. The molecule has 216 valence electrons. The van der Waals surface area contributed by atoms with Crippen molar-refractivity contribution < 1.29 is 13.9 Å². The standard InChI is InChI=1S/C32H44FN5O2/c1-20-19-38(15-14-34-20)31(37-29-17-24-16-27(21(29)2)32(24,3)4)36-25-9-6-23(7-10-25)30(39)35-13-12-22-8-11-26(40-5)18-28(22)33/h6-11,18,20-21,24,27,29,34H,12-17,19H2,1-5H3,(H,35,39)(H,36,37)/t20-,21-,24+,27-,29+/m0/s1. The molecule has 2 aromatic rings. The summed E-state index contributed by atoms with van der Waals surface area (Å²) in [5.41, 5.74) is 2.46. The third kappa shape index (κ3) is 5.97. The minimum absolute atomic E-state index is 0.178. The molecule has 4 fully saturated rings. The van der Waals surface area contributed by atoms with Gasteiger partial charge in [-0.05, 0) is 85.3 Å². The van der Waals surface area contributed by atoms with E-state index >= 15 is 0 Å². The number of nitrogens with one attached hydrogen (secondary N) is 3. The Morgan fingerprint density at radius 2 is 1.95 bits per heavy atom. The van der Waals surface area contributed by atoms with E-state index in [-0.39, 0.29) is 11.7 Å². The summed E-state index contributed by atoms with van der Waals surface area (Å²) in [6.45, 7) is 12.5. The van der Waals surface area contributed by atoms with Crippen LogP contribution >= 0.6 is 0 Å². The summed E-state index contributed by atoms with van der Waals surface area (Å²) in [5, 5.41) is 10.0. The molecule has 2 bridgehead atoms. The third-order valence-electron chi connectivity index (χ3n) is 9.61. The van der Waals surface area contributed by atoms with E-state index in [1.54, 1.807) is 12.1 Å². The molecule has 4 aliphatic rings. The number of carbonyl (C=O) groups excluding carboxylic acids is 1. The third-order valence-corrected chi connectivity index (χ3v) is 9.61. The van der Waals surface area contributed by atoms with Gasteiger partial charge in [0.2, 0.25) is 0 Å². The Morgan fingerprint density at radius 3 is 2.60 bits per heavy atom. The number of nitrogens with zero attached hydrogens (tertiary/aromatic N) is 2. The van der Waals surface area contributed by atoms with Gasteiger partial charge >= 0.3 is 0 Å². The van der Waals surface area contributed by atoms with Crippen LogP contribution in [0.1, 0.15) is 56.5 Å². The lowest BCUT2D eigenvalue weighted by Gasteiger charge is -2.61. The van der Waals surface area contributed by atoms with Crippen molar-refractivity contribution >= 4 is 17.6 Å². The van der Waals surface area contributed by atoms with Gasteiger partial charge in [0.15, 0.2) is 5.96 Å². The Kier molecular flexibility index (Phi) is 8.36. The summed E-state index contributed by atoms with van der Waals surface area (Å²) < 4.78 is 19.2. The van der Waals surface area contributed by atoms with Gasteiger partial charge in [-0.2, -0.15) is 0 Å². The fraction of sp³-hybridized carbons (Fsp3) is 0.562. The Balaban J connectivity index is 1.22. The first kappa shape index (κ1) is 28.4. The predicted octanol–water partition coefficient (Wildman–Crippen LogP) is 4.94. The molecule has 0 unspecified atom stereocenters. The quantitative estimate of drug-likeness (QED) is 0.337. The van der Waals surface area contributed by atoms with E-state index < -0.39 is 0 Å². The number of aliphatic imine (C=N–C) groups is 1. The number of benzene rings is 2. The van der Waals surface area contributed by atoms with Crippen LogP contribution in [0.25, 0.3) is 0 Å². The Morgan fingerprint density at radius 1 is 1.18 bits per heavy atom. The monoisotopic (exact) mass is 549 g/mol. The van der Waals surface area contributed by atoms with Gasteiger partial charge < -0.3 is 25.6 Å². The lowest BCUT2D eigenvalue weighted by atomic mass is 9.45. The van der Waals surface area contributed by atoms with Gasteiger partial charge in [0, 0.05) is 49.5 Å². The molecule has 3 aliphatic carbocycles. The Bertz CT molecular complexity index is 1230. The average molecular weight is 550 g/mol. The van der Waals surface area contributed by atoms with Gasteiger partial charge in [-0.15, -0.1) is 0 Å². The van der Waals surface area contributed by atoms with E-state index in [1.807, 2.05) is 24.3 Å². The van der Waals surface area contributed by atoms with E-state index in [0.29, 0.717) is 53.3 Å². The van der Waals surface area contributed by atoms with Crippen LogP contribution in [0.5, 0.6) is 5.75 Å². The first-order chi connectivity index (χ1) is 19.2. The number of hydrogen-bond donors (Lipinski definition) is 3. The predicted molar refractivity (Wildman–Crippen MR) is 158 cm³/mol. The van der Waals surface area contributed by atoms with E-state index in [0.717, 1.165) is 49.5 Å². The van der Waals surface area contributed by atoms with Crippen LogP contribution in [0, 0.1) is 29.0 Å². The molecule has 1 aliphatic heterocycles. The lowest BCUT2D eigenvalue weighted by molar-refractivity contribution is -0.108. The maximum absolute atomic E-state index is 14.2. The number of anilines is 1. The summed E-state index contributed by atoms with van der Waals surface area (Å²) in [4.78, 5) is 20.4. The number of halogens is 1. The van der Waals surface area contributed by atoms with E-state index in [4.69, 9.17) is 9.73 Å². The van der Waals surface area contributed by atoms with Crippen molar-refractivity contribution in [3.63, 3.8) is 0 Å². The molecule has 3 N–H and O–H groups in total. The van der Waals surface area contributed by atoms with E-state index in [1.165, 1.54) is 19.6 Å². The maximum Gasteiger partial charge on any atom is 0.251 e. The zero-order valence-corrected chi connectivity index (χ0v) is 24.5. The fourth-order valence-corrected chi connectivity index (χ4v) is 6.87. The second-order valence-electron chi connectivity index (χ2n) is 12.4. The maximum atomic E-state index is 14.2. The molecule has 2 aromatic carbocycles. The molecule has 0 aromatic heterocycles. The molecule has 5 atom stereocenters. The van der Waals surface area contributed by atoms with Crippen LogP contribution in [-0.2, 0) is 6.42 Å². The highest BCUT2D eigenvalue weighted by Gasteiger charge is 2.56. The molecule has 6 rings (SSSR count). The SMILES string of the molecule is COc1ccc(CCNC(=O)c2ccc(N/C(=N/[C@@H]3C[C@H]4C[C@@H]([C@@H]3C)C4(C)C)N3CCN[C@@H](C)C3)cc2)c(F)c1. The number of carbonyl (C=O) groups is 1. The highest BCUT2D eigenvalue weighted by Crippen LogP contribution is 2.61. The summed E-state index contributed by atoms with van der Waals surface area (Å²) in [7, 11) is 1.51. The first-order valence-electron chi connectivity index (χ1n) is 14.7. The topological polar surface area (TPSA) is 78.0 Å². The Hall–Kier alpha value is -3.13. The number of rotatable bonds is 7. The molecule has 7 nitrogen and oxygen atoms in total. The minimum atomic E-state index is -0.330. The highest BCUT2D eigenvalue weighted by molar-refractivity contribution is 5.96. The lowest BCUT2D eigenvalue weighted by Crippen LogP contribution is -2.57. The highest BCUT2D eigenvalue weighted by atomic mass is 19.1. The number of hydrogen-bond acceptors (Lipinski definition) is 4. The van der Waals surface area contributed by atoms with Crippen molar-refractivity contribution in [2.24, 2.45) is 28.2 Å². The van der Waals surface area contributed by atoms with Crippen LogP contribution in [0.4, 0.5) is 10.1 Å². The van der Waals surface area contributed by atoms with Crippen LogP contribution < -0.4 is 20.7 Å². The summed E-state index contributed by atoms with van der Waals surface area (Å²) in [5.74, 6) is 2.96. The fourth-order valence-electron chi connectivity index (χ4n) is 6.87. The smallest absolute Gasteiger partial charge is 0.251 e. The molecule has 1 amide bonds. The van der Waals surface area contributed by atoms with Gasteiger partial charge in [-0.25, -0.2) is 9.38 Å². The number of ether oxygens (including phenoxy) is 1. The van der Waals surface area contributed by atoms with Crippen molar-refractivity contribution in [3.8, 4) is 5.75 Å². The largest absolute Gasteiger partial charge is 0.497 e. The van der Waals surface area contributed by atoms with E-state index in [2.05, 4.69) is 48.5 Å². The van der Waals surface area contributed by atoms with Gasteiger partial charge in [-0.3, -0.25) is 4.79 Å². The van der Waals surface area contributed by atoms with Gasteiger partial charge in [0.1, 0.15) is 11.6 Å². The Labute approximate surface area is 238 Å². The molecule has 1 heterocycles. The number of methoxy groups -OCH3 is 1. The molecule has 8 heteroatoms. The number of fused-ring (bicyclic) bond motifs is 2. The van der Waals surface area contributed by atoms with Gasteiger partial charge in [0.25, 0.3) is 5.91 Å². The second kappa shape index (κ2) is 11.8. The summed E-state index contributed by atoms with van der Waals surface area (Å²) in [6.07, 6.45) is 2.89. The van der Waals surface area contributed by atoms with Crippen molar-refractivity contribution in [3.05, 3.63) is 59.4 Å². The summed E-state index contributed by atoms with van der Waals surface area (Å²) >= 11 is 0. The van der Waals surface area contributed by atoms with Crippen LogP contribution in [-0.4, -0.2) is 62.1 Å². The van der Waals surface area contributed by atoms with Gasteiger partial charge in [0.05, 0.1) is 13.2 Å². The molecular weight excluding hydrogens is 505 g/mol. The molecule has 0 radical (unpaired) electrons. The average Bonchev–Trinajstić information content (AvgIpc) is 2.94. The molecule has 0 spiro atoms. The normalized spacial score (nSPS) is 27.5. The van der Waals surface area contributed by atoms with Crippen LogP contribution in [0.2, 0.25) is 0 Å². The number of piperazine rings is 1. The van der Waals surface area contributed by atoms with Crippen LogP contribution in [0.15, 0.2) is 47.5 Å². The van der Waals surface area contributed by atoms with Crippen molar-refractivity contribution in [2.75, 3.05) is 38.6 Å². The first-order valence-corrected chi connectivity index (χ1v) is 14.7. The zero-order chi connectivity index (χ0) is 28.4. The molecule has 1 saturated heterocycles. The van der Waals surface area contributed by atoms with Crippen molar-refractivity contribution in [2.45, 2.75) is 59.0 Å². The van der Waals surface area contributed by atoms with Crippen molar-refractivity contribution in [1.29, 1.82) is 0 Å². The van der Waals surface area contributed by atoms with Crippen LogP contribution in [0.3, 0.4) is 0 Å². The number of guanidine groups is 1. The van der Waals surface area contributed by atoms with Gasteiger partial charge in [-0.1, -0.05) is 26.8 Å². The molecular formula is C32H44FN5O2. The van der Waals surface area contributed by atoms with Crippen molar-refractivity contribution in [1.82, 2.24) is 15.5 Å². The number of amides is 1. The molecule has 40 heavy (non-hydrogen) atoms. The summed E-state index contributed by atoms with van der Waals surface area (Å²) in [6, 6.07) is 13.0. The minimum Gasteiger partial charge on any atom is -0.497 e.